The van der Waals surface area contributed by atoms with Gasteiger partial charge in [-0.1, -0.05) is 12.1 Å². The normalized spacial score (nSPS) is 10.2. The van der Waals surface area contributed by atoms with Crippen molar-refractivity contribution < 1.29 is 19.4 Å². The molecule has 0 bridgehead atoms. The predicted molar refractivity (Wildman–Crippen MR) is 60.6 cm³/mol. The summed E-state index contributed by atoms with van der Waals surface area (Å²) in [6.07, 6.45) is 1.40. The van der Waals surface area contributed by atoms with Crippen LogP contribution in [-0.4, -0.2) is 36.9 Å². The Morgan fingerprint density at radius 3 is 2.59 bits per heavy atom. The summed E-state index contributed by atoms with van der Waals surface area (Å²) in [5.74, 6) is -1.01. The third-order valence-electron chi connectivity index (χ3n) is 1.88. The third kappa shape index (κ3) is 4.04. The Hall–Kier alpha value is -2.21. The minimum atomic E-state index is -0.612. The van der Waals surface area contributed by atoms with Crippen LogP contribution in [-0.2, 0) is 9.53 Å². The highest BCUT2D eigenvalue weighted by Gasteiger charge is 2.03. The third-order valence-corrected chi connectivity index (χ3v) is 1.88. The van der Waals surface area contributed by atoms with E-state index in [1.54, 1.807) is 24.3 Å². The lowest BCUT2D eigenvalue weighted by atomic mass is 10.1. The van der Waals surface area contributed by atoms with Crippen molar-refractivity contribution in [3.8, 4) is 0 Å². The zero-order valence-corrected chi connectivity index (χ0v) is 9.21. The summed E-state index contributed by atoms with van der Waals surface area (Å²) in [4.78, 5) is 21.8. The van der Waals surface area contributed by atoms with Gasteiger partial charge in [0, 0.05) is 0 Å². The first kappa shape index (κ1) is 12.9. The van der Waals surface area contributed by atoms with Crippen LogP contribution in [0.15, 0.2) is 29.4 Å². The van der Waals surface area contributed by atoms with Gasteiger partial charge < -0.3 is 9.84 Å². The molecule has 0 unspecified atom stereocenters. The summed E-state index contributed by atoms with van der Waals surface area (Å²) in [5, 5.41) is 12.0. The van der Waals surface area contributed by atoms with Gasteiger partial charge in [0.1, 0.15) is 6.61 Å². The largest absolute Gasteiger partial charge is 0.465 e. The second kappa shape index (κ2) is 6.39. The number of nitrogens with zero attached hydrogens (tertiary/aromatic N) is 1. The van der Waals surface area contributed by atoms with Gasteiger partial charge in [-0.25, -0.2) is 10.2 Å². The molecule has 1 aromatic carbocycles. The van der Waals surface area contributed by atoms with E-state index in [1.807, 2.05) is 0 Å². The Morgan fingerprint density at radius 1 is 1.41 bits per heavy atom. The number of hydrogen-bond acceptors (Lipinski definition) is 5. The SMILES string of the molecule is COC(=O)c1ccc(/C=N/NC(=O)CO)cc1. The second-order valence-electron chi connectivity index (χ2n) is 3.06. The van der Waals surface area contributed by atoms with E-state index in [1.165, 1.54) is 13.3 Å². The molecule has 0 atom stereocenters. The molecule has 6 heteroatoms. The van der Waals surface area contributed by atoms with Crippen molar-refractivity contribution in [2.75, 3.05) is 13.7 Å². The summed E-state index contributed by atoms with van der Waals surface area (Å²) in [6, 6.07) is 6.48. The van der Waals surface area contributed by atoms with E-state index < -0.39 is 18.5 Å². The highest BCUT2D eigenvalue weighted by molar-refractivity contribution is 5.90. The van der Waals surface area contributed by atoms with E-state index in [0.29, 0.717) is 11.1 Å². The number of esters is 1. The fourth-order valence-electron chi connectivity index (χ4n) is 1.04. The molecule has 0 heterocycles. The maximum atomic E-state index is 11.1. The number of methoxy groups -OCH3 is 1. The number of rotatable bonds is 4. The number of carbonyl (C=O) groups is 2. The van der Waals surface area contributed by atoms with E-state index in [-0.39, 0.29) is 0 Å². The van der Waals surface area contributed by atoms with Crippen LogP contribution in [0.25, 0.3) is 0 Å². The Morgan fingerprint density at radius 2 is 2.06 bits per heavy atom. The Labute approximate surface area is 97.9 Å². The van der Waals surface area contributed by atoms with Crippen LogP contribution in [0.5, 0.6) is 0 Å². The highest BCUT2D eigenvalue weighted by Crippen LogP contribution is 2.03. The number of aliphatic hydroxyl groups excluding tert-OH is 1. The lowest BCUT2D eigenvalue weighted by Gasteiger charge is -1.99. The van der Waals surface area contributed by atoms with Crippen molar-refractivity contribution in [2.45, 2.75) is 0 Å². The van der Waals surface area contributed by atoms with Gasteiger partial charge in [0.05, 0.1) is 18.9 Å². The highest BCUT2D eigenvalue weighted by atomic mass is 16.5. The summed E-state index contributed by atoms with van der Waals surface area (Å²) in [7, 11) is 1.31. The molecule has 0 fully saturated rings. The van der Waals surface area contributed by atoms with E-state index >= 15 is 0 Å². The van der Waals surface area contributed by atoms with Crippen molar-refractivity contribution >= 4 is 18.1 Å². The van der Waals surface area contributed by atoms with Crippen LogP contribution in [0.4, 0.5) is 0 Å². The minimum Gasteiger partial charge on any atom is -0.465 e. The number of benzene rings is 1. The lowest BCUT2D eigenvalue weighted by molar-refractivity contribution is -0.123. The fourth-order valence-corrected chi connectivity index (χ4v) is 1.04. The first-order chi connectivity index (χ1) is 8.17. The van der Waals surface area contributed by atoms with Gasteiger partial charge in [0.15, 0.2) is 0 Å². The topological polar surface area (TPSA) is 88.0 Å². The van der Waals surface area contributed by atoms with Crippen molar-refractivity contribution in [3.63, 3.8) is 0 Å². The molecule has 0 saturated carbocycles. The number of nitrogens with one attached hydrogen (secondary N) is 1. The molecular formula is C11H12N2O4. The number of ether oxygens (including phenoxy) is 1. The maximum absolute atomic E-state index is 11.1. The van der Waals surface area contributed by atoms with Crippen molar-refractivity contribution in [2.24, 2.45) is 5.10 Å². The standard InChI is InChI=1S/C11H12N2O4/c1-17-11(16)9-4-2-8(3-5-9)6-12-13-10(15)7-14/h2-6,14H,7H2,1H3,(H,13,15)/b12-6+. The molecule has 0 aliphatic rings. The number of amides is 1. The lowest BCUT2D eigenvalue weighted by Crippen LogP contribution is -2.20. The van der Waals surface area contributed by atoms with Gasteiger partial charge in [0.2, 0.25) is 0 Å². The van der Waals surface area contributed by atoms with Gasteiger partial charge in [-0.3, -0.25) is 4.79 Å². The average Bonchev–Trinajstić information content (AvgIpc) is 2.38. The van der Waals surface area contributed by atoms with Crippen molar-refractivity contribution in [3.05, 3.63) is 35.4 Å². The minimum absolute atomic E-state index is 0.415. The molecule has 1 amide bonds. The molecule has 0 spiro atoms. The molecule has 90 valence electrons. The number of aliphatic hydroxyl groups is 1. The molecule has 6 nitrogen and oxygen atoms in total. The summed E-state index contributed by atoms with van der Waals surface area (Å²) < 4.78 is 4.55. The van der Waals surface area contributed by atoms with Gasteiger partial charge in [-0.2, -0.15) is 5.10 Å². The Kier molecular flexibility index (Phi) is 4.83. The van der Waals surface area contributed by atoms with E-state index in [4.69, 9.17) is 5.11 Å². The molecular weight excluding hydrogens is 224 g/mol. The van der Waals surface area contributed by atoms with Crippen molar-refractivity contribution in [1.29, 1.82) is 0 Å². The predicted octanol–water partition coefficient (Wildman–Crippen LogP) is -0.0844. The first-order valence-corrected chi connectivity index (χ1v) is 4.78. The Balaban J connectivity index is 2.62. The second-order valence-corrected chi connectivity index (χ2v) is 3.06. The average molecular weight is 236 g/mol. The molecule has 2 N–H and O–H groups in total. The quantitative estimate of drug-likeness (QED) is 0.434. The van der Waals surface area contributed by atoms with E-state index in [9.17, 15) is 9.59 Å². The van der Waals surface area contributed by atoms with Crippen molar-refractivity contribution in [1.82, 2.24) is 5.43 Å². The van der Waals surface area contributed by atoms with Crippen LogP contribution >= 0.6 is 0 Å². The molecule has 0 radical (unpaired) electrons. The molecule has 1 rings (SSSR count). The fraction of sp³-hybridized carbons (Fsp3) is 0.182. The first-order valence-electron chi connectivity index (χ1n) is 4.78. The van der Waals surface area contributed by atoms with Crippen LogP contribution in [0, 0.1) is 0 Å². The Bertz CT molecular complexity index is 426. The van der Waals surface area contributed by atoms with E-state index in [2.05, 4.69) is 15.3 Å². The molecule has 17 heavy (non-hydrogen) atoms. The zero-order valence-electron chi connectivity index (χ0n) is 9.21. The number of hydrogen-bond donors (Lipinski definition) is 2. The van der Waals surface area contributed by atoms with Gasteiger partial charge in [-0.15, -0.1) is 0 Å². The summed E-state index contributed by atoms with van der Waals surface area (Å²) in [6.45, 7) is -0.612. The molecule has 0 aliphatic heterocycles. The molecule has 0 aromatic heterocycles. The molecule has 1 aromatic rings. The molecule has 0 saturated heterocycles. The van der Waals surface area contributed by atoms with E-state index in [0.717, 1.165) is 0 Å². The smallest absolute Gasteiger partial charge is 0.337 e. The van der Waals surface area contributed by atoms with Gasteiger partial charge in [0.25, 0.3) is 5.91 Å². The summed E-state index contributed by atoms with van der Waals surface area (Å²) >= 11 is 0. The zero-order chi connectivity index (χ0) is 12.7. The number of carbonyl (C=O) groups excluding carboxylic acids is 2. The van der Waals surface area contributed by atoms with Crippen LogP contribution < -0.4 is 5.43 Å². The number of hydrazone groups is 1. The van der Waals surface area contributed by atoms with Gasteiger partial charge >= 0.3 is 5.97 Å². The molecule has 0 aliphatic carbocycles. The monoisotopic (exact) mass is 236 g/mol. The van der Waals surface area contributed by atoms with Gasteiger partial charge in [-0.05, 0) is 17.7 Å². The van der Waals surface area contributed by atoms with Crippen LogP contribution in [0.3, 0.4) is 0 Å². The summed E-state index contributed by atoms with van der Waals surface area (Å²) in [5.41, 5.74) is 3.26. The van der Waals surface area contributed by atoms with Crippen LogP contribution in [0.2, 0.25) is 0 Å². The van der Waals surface area contributed by atoms with Crippen LogP contribution in [0.1, 0.15) is 15.9 Å². The maximum Gasteiger partial charge on any atom is 0.337 e.